The van der Waals surface area contributed by atoms with E-state index in [0.717, 1.165) is 29.3 Å². The van der Waals surface area contributed by atoms with Crippen molar-refractivity contribution in [2.75, 3.05) is 0 Å². The highest BCUT2D eigenvalue weighted by Gasteiger charge is 2.29. The first-order chi connectivity index (χ1) is 9.56. The van der Waals surface area contributed by atoms with Gasteiger partial charge in [0.1, 0.15) is 5.75 Å². The van der Waals surface area contributed by atoms with Gasteiger partial charge >= 0.3 is 12.6 Å². The molecule has 1 atom stereocenters. The van der Waals surface area contributed by atoms with Gasteiger partial charge in [0, 0.05) is 16.6 Å². The standard InChI is InChI=1S/C14H13F2NO3/c15-14(16)20-7-4-5-11-10(6-7)8-2-1-3-9(13(18)19)12(8)17-11/h4-6,9,14,17H,1-3H2,(H,18,19). The first kappa shape index (κ1) is 12.9. The van der Waals surface area contributed by atoms with Gasteiger partial charge in [-0.05, 0) is 43.0 Å². The molecule has 0 radical (unpaired) electrons. The average Bonchev–Trinajstić information content (AvgIpc) is 2.75. The lowest BCUT2D eigenvalue weighted by atomic mass is 9.87. The van der Waals surface area contributed by atoms with E-state index >= 15 is 0 Å². The highest BCUT2D eigenvalue weighted by Crippen LogP contribution is 2.37. The van der Waals surface area contributed by atoms with E-state index in [-0.39, 0.29) is 5.75 Å². The molecule has 20 heavy (non-hydrogen) atoms. The number of aryl methyl sites for hydroxylation is 1. The molecule has 1 aliphatic rings. The number of hydrogen-bond donors (Lipinski definition) is 2. The second kappa shape index (κ2) is 4.77. The van der Waals surface area contributed by atoms with E-state index in [1.54, 1.807) is 12.1 Å². The molecule has 0 aliphatic heterocycles. The first-order valence-corrected chi connectivity index (χ1v) is 6.38. The highest BCUT2D eigenvalue weighted by molar-refractivity contribution is 5.89. The van der Waals surface area contributed by atoms with Crippen molar-refractivity contribution in [3.63, 3.8) is 0 Å². The summed E-state index contributed by atoms with van der Waals surface area (Å²) in [4.78, 5) is 14.4. The third kappa shape index (κ3) is 2.11. The van der Waals surface area contributed by atoms with Crippen molar-refractivity contribution in [1.82, 2.24) is 4.98 Å². The normalized spacial score (nSPS) is 18.2. The van der Waals surface area contributed by atoms with E-state index in [9.17, 15) is 18.7 Å². The maximum absolute atomic E-state index is 12.2. The number of aromatic amines is 1. The van der Waals surface area contributed by atoms with Crippen LogP contribution in [0.5, 0.6) is 5.75 Å². The lowest BCUT2D eigenvalue weighted by Gasteiger charge is -2.18. The molecule has 2 N–H and O–H groups in total. The van der Waals surface area contributed by atoms with Crippen LogP contribution in [-0.2, 0) is 11.2 Å². The van der Waals surface area contributed by atoms with Gasteiger partial charge in [-0.25, -0.2) is 0 Å². The largest absolute Gasteiger partial charge is 0.481 e. The summed E-state index contributed by atoms with van der Waals surface area (Å²) in [6.07, 6.45) is 2.11. The van der Waals surface area contributed by atoms with E-state index in [0.29, 0.717) is 12.1 Å². The molecule has 0 bridgehead atoms. The Balaban J connectivity index is 2.10. The summed E-state index contributed by atoms with van der Waals surface area (Å²) in [5.41, 5.74) is 2.34. The first-order valence-electron chi connectivity index (χ1n) is 6.38. The van der Waals surface area contributed by atoms with Crippen molar-refractivity contribution >= 4 is 16.9 Å². The monoisotopic (exact) mass is 281 g/mol. The highest BCUT2D eigenvalue weighted by atomic mass is 19.3. The summed E-state index contributed by atoms with van der Waals surface area (Å²) >= 11 is 0. The van der Waals surface area contributed by atoms with Crippen LogP contribution in [0.2, 0.25) is 0 Å². The maximum Gasteiger partial charge on any atom is 0.387 e. The number of halogens is 2. The van der Waals surface area contributed by atoms with E-state index in [1.165, 1.54) is 6.07 Å². The minimum atomic E-state index is -2.87. The smallest absolute Gasteiger partial charge is 0.387 e. The molecule has 1 aliphatic carbocycles. The van der Waals surface area contributed by atoms with E-state index in [1.807, 2.05) is 0 Å². The number of nitrogens with one attached hydrogen (secondary N) is 1. The number of carboxylic acid groups (broad SMARTS) is 1. The van der Waals surface area contributed by atoms with E-state index in [4.69, 9.17) is 0 Å². The molecule has 0 fully saturated rings. The van der Waals surface area contributed by atoms with Gasteiger partial charge in [-0.3, -0.25) is 4.79 Å². The van der Waals surface area contributed by atoms with Crippen LogP contribution in [0.25, 0.3) is 10.9 Å². The van der Waals surface area contributed by atoms with Gasteiger partial charge in [0.2, 0.25) is 0 Å². The molecule has 4 nitrogen and oxygen atoms in total. The molecule has 6 heteroatoms. The van der Waals surface area contributed by atoms with Crippen LogP contribution >= 0.6 is 0 Å². The molecule has 2 aromatic rings. The van der Waals surface area contributed by atoms with Crippen LogP contribution in [0.15, 0.2) is 18.2 Å². The van der Waals surface area contributed by atoms with Gasteiger partial charge in [-0.1, -0.05) is 0 Å². The third-order valence-electron chi connectivity index (χ3n) is 3.70. The Hall–Kier alpha value is -2.11. The van der Waals surface area contributed by atoms with Gasteiger partial charge in [0.15, 0.2) is 0 Å². The zero-order chi connectivity index (χ0) is 14.3. The number of aromatic nitrogens is 1. The molecule has 1 heterocycles. The van der Waals surface area contributed by atoms with Crippen molar-refractivity contribution in [2.24, 2.45) is 0 Å². The maximum atomic E-state index is 12.2. The Kier molecular flexibility index (Phi) is 3.08. The number of rotatable bonds is 3. The fraction of sp³-hybridized carbons (Fsp3) is 0.357. The Labute approximate surface area is 113 Å². The molecular formula is C14H13F2NO3. The van der Waals surface area contributed by atoms with E-state index in [2.05, 4.69) is 9.72 Å². The summed E-state index contributed by atoms with van der Waals surface area (Å²) in [5, 5.41) is 10.0. The van der Waals surface area contributed by atoms with Crippen molar-refractivity contribution in [1.29, 1.82) is 0 Å². The number of fused-ring (bicyclic) bond motifs is 3. The predicted octanol–water partition coefficient (Wildman–Crippen LogP) is 3.27. The molecular weight excluding hydrogens is 268 g/mol. The minimum Gasteiger partial charge on any atom is -0.481 e. The molecule has 1 aromatic carbocycles. The quantitative estimate of drug-likeness (QED) is 0.907. The third-order valence-corrected chi connectivity index (χ3v) is 3.70. The van der Waals surface area contributed by atoms with Crippen LogP contribution in [0, 0.1) is 0 Å². The molecule has 3 rings (SSSR count). The van der Waals surface area contributed by atoms with E-state index < -0.39 is 18.5 Å². The number of benzene rings is 1. The molecule has 1 unspecified atom stereocenters. The lowest BCUT2D eigenvalue weighted by molar-refractivity contribution is -0.139. The molecule has 106 valence electrons. The zero-order valence-electron chi connectivity index (χ0n) is 10.5. The molecule has 0 amide bonds. The van der Waals surface area contributed by atoms with Gasteiger partial charge in [0.05, 0.1) is 5.92 Å². The number of aliphatic carboxylic acids is 1. The number of alkyl halides is 2. The Morgan fingerprint density at radius 1 is 1.45 bits per heavy atom. The number of ether oxygens (including phenoxy) is 1. The summed E-state index contributed by atoms with van der Waals surface area (Å²) in [6.45, 7) is -2.87. The van der Waals surface area contributed by atoms with Crippen LogP contribution in [0.4, 0.5) is 8.78 Å². The van der Waals surface area contributed by atoms with Crippen molar-refractivity contribution in [3.8, 4) is 5.75 Å². The van der Waals surface area contributed by atoms with Crippen molar-refractivity contribution in [2.45, 2.75) is 31.8 Å². The fourth-order valence-corrected chi connectivity index (χ4v) is 2.86. The van der Waals surface area contributed by atoms with Gasteiger partial charge in [0.25, 0.3) is 0 Å². The van der Waals surface area contributed by atoms with Crippen LogP contribution in [-0.4, -0.2) is 22.7 Å². The van der Waals surface area contributed by atoms with Crippen molar-refractivity contribution < 1.29 is 23.4 Å². The Morgan fingerprint density at radius 3 is 2.95 bits per heavy atom. The predicted molar refractivity (Wildman–Crippen MR) is 68.2 cm³/mol. The molecule has 0 saturated heterocycles. The van der Waals surface area contributed by atoms with Gasteiger partial charge in [-0.2, -0.15) is 8.78 Å². The number of hydrogen-bond acceptors (Lipinski definition) is 2. The minimum absolute atomic E-state index is 0.0896. The van der Waals surface area contributed by atoms with Crippen LogP contribution in [0.3, 0.4) is 0 Å². The Morgan fingerprint density at radius 2 is 2.25 bits per heavy atom. The Bertz CT molecular complexity index is 666. The molecule has 0 spiro atoms. The van der Waals surface area contributed by atoms with Gasteiger partial charge in [-0.15, -0.1) is 0 Å². The number of H-pyrrole nitrogens is 1. The van der Waals surface area contributed by atoms with Crippen LogP contribution < -0.4 is 4.74 Å². The van der Waals surface area contributed by atoms with Gasteiger partial charge < -0.3 is 14.8 Å². The number of carboxylic acids is 1. The molecule has 0 saturated carbocycles. The zero-order valence-corrected chi connectivity index (χ0v) is 10.5. The summed E-state index contributed by atoms with van der Waals surface area (Å²) in [6, 6.07) is 4.64. The molecule has 1 aromatic heterocycles. The summed E-state index contributed by atoms with van der Waals surface area (Å²) in [5.74, 6) is -1.32. The summed E-state index contributed by atoms with van der Waals surface area (Å²) in [7, 11) is 0. The second-order valence-electron chi connectivity index (χ2n) is 4.89. The average molecular weight is 281 g/mol. The fourth-order valence-electron chi connectivity index (χ4n) is 2.86. The topological polar surface area (TPSA) is 62.3 Å². The number of carbonyl (C=O) groups is 1. The summed E-state index contributed by atoms with van der Waals surface area (Å²) < 4.78 is 28.9. The van der Waals surface area contributed by atoms with Crippen LogP contribution in [0.1, 0.15) is 30.0 Å². The lowest BCUT2D eigenvalue weighted by Crippen LogP contribution is -2.17. The SMILES string of the molecule is O=C(O)C1CCCc2c1[nH]c1ccc(OC(F)F)cc21. The van der Waals surface area contributed by atoms with Crippen molar-refractivity contribution in [3.05, 3.63) is 29.5 Å². The second-order valence-corrected chi connectivity index (χ2v) is 4.89.